The molecule has 1 aromatic rings. The molecule has 2 heteroatoms. The fourth-order valence-electron chi connectivity index (χ4n) is 6.41. The molecule has 0 aromatic heterocycles. The molecule has 0 radical (unpaired) electrons. The van der Waals surface area contributed by atoms with E-state index in [0.29, 0.717) is 0 Å². The van der Waals surface area contributed by atoms with Gasteiger partial charge >= 0.3 is 0 Å². The molecule has 2 nitrogen and oxygen atoms in total. The molecule has 118 valence electrons. The lowest BCUT2D eigenvalue weighted by molar-refractivity contribution is -0.237. The number of ether oxygens (including phenoxy) is 2. The van der Waals surface area contributed by atoms with Crippen LogP contribution in [0.5, 0.6) is 0 Å². The summed E-state index contributed by atoms with van der Waals surface area (Å²) in [5.74, 6) is 2.14. The molecule has 1 aromatic carbocycles. The van der Waals surface area contributed by atoms with E-state index in [9.17, 15) is 0 Å². The van der Waals surface area contributed by atoms with Crippen LogP contribution in [-0.4, -0.2) is 19.0 Å². The van der Waals surface area contributed by atoms with Crippen molar-refractivity contribution in [3.8, 4) is 0 Å². The minimum absolute atomic E-state index is 0.233. The van der Waals surface area contributed by atoms with E-state index in [1.165, 1.54) is 32.1 Å². The number of hydrogen-bond acceptors (Lipinski definition) is 2. The summed E-state index contributed by atoms with van der Waals surface area (Å²) in [4.78, 5) is 0. The predicted octanol–water partition coefficient (Wildman–Crippen LogP) is 4.29. The van der Waals surface area contributed by atoms with Crippen LogP contribution >= 0.6 is 0 Å². The molecule has 3 fully saturated rings. The Bertz CT molecular complexity index is 589. The first kappa shape index (κ1) is 13.6. The molecule has 4 atom stereocenters. The molecule has 1 aliphatic heterocycles. The van der Waals surface area contributed by atoms with E-state index in [1.54, 1.807) is 11.1 Å². The first-order valence-electron chi connectivity index (χ1n) is 9.09. The van der Waals surface area contributed by atoms with Gasteiger partial charge < -0.3 is 9.47 Å². The molecule has 0 amide bonds. The molecule has 3 aliphatic carbocycles. The molecule has 2 saturated carbocycles. The zero-order valence-corrected chi connectivity index (χ0v) is 13.5. The number of rotatable bonds is 0. The standard InChI is InChI=1S/C20H26O2/c1-19-10-8-16-15-5-3-2-4-14(15)6-7-17(16)18(19)9-11-20(19)21-12-13-22-20/h2-5,16-18H,6-13H2,1H3/t16?,17?,18?,19-/m0/s1. The van der Waals surface area contributed by atoms with E-state index in [2.05, 4.69) is 31.2 Å². The fourth-order valence-corrected chi connectivity index (χ4v) is 6.41. The van der Waals surface area contributed by atoms with E-state index in [1.807, 2.05) is 0 Å². The van der Waals surface area contributed by atoms with E-state index < -0.39 is 0 Å². The van der Waals surface area contributed by atoms with Gasteiger partial charge in [-0.15, -0.1) is 0 Å². The lowest BCUT2D eigenvalue weighted by Crippen LogP contribution is -2.51. The van der Waals surface area contributed by atoms with Crippen molar-refractivity contribution in [2.75, 3.05) is 13.2 Å². The van der Waals surface area contributed by atoms with E-state index in [-0.39, 0.29) is 11.2 Å². The van der Waals surface area contributed by atoms with Gasteiger partial charge in [-0.1, -0.05) is 31.2 Å². The maximum atomic E-state index is 6.20. The summed E-state index contributed by atoms with van der Waals surface area (Å²) >= 11 is 0. The van der Waals surface area contributed by atoms with Crippen molar-refractivity contribution < 1.29 is 9.47 Å². The molecule has 0 bridgehead atoms. The molecule has 22 heavy (non-hydrogen) atoms. The van der Waals surface area contributed by atoms with Crippen LogP contribution < -0.4 is 0 Å². The van der Waals surface area contributed by atoms with Crippen molar-refractivity contribution in [1.82, 2.24) is 0 Å². The van der Waals surface area contributed by atoms with Crippen LogP contribution in [0, 0.1) is 17.3 Å². The van der Waals surface area contributed by atoms with Crippen molar-refractivity contribution in [1.29, 1.82) is 0 Å². The van der Waals surface area contributed by atoms with Crippen LogP contribution in [0.1, 0.15) is 56.1 Å². The van der Waals surface area contributed by atoms with E-state index in [4.69, 9.17) is 9.47 Å². The predicted molar refractivity (Wildman–Crippen MR) is 85.7 cm³/mol. The van der Waals surface area contributed by atoms with Crippen molar-refractivity contribution in [2.45, 2.75) is 57.2 Å². The van der Waals surface area contributed by atoms with Crippen LogP contribution in [0.25, 0.3) is 0 Å². The summed E-state index contributed by atoms with van der Waals surface area (Å²) in [6.07, 6.45) is 7.59. The third kappa shape index (κ3) is 1.58. The van der Waals surface area contributed by atoms with Crippen molar-refractivity contribution in [3.05, 3.63) is 35.4 Å². The minimum atomic E-state index is -0.250. The summed E-state index contributed by atoms with van der Waals surface area (Å²) in [6.45, 7) is 4.05. The van der Waals surface area contributed by atoms with Crippen molar-refractivity contribution >= 4 is 0 Å². The maximum Gasteiger partial charge on any atom is 0.174 e. The summed E-state index contributed by atoms with van der Waals surface area (Å²) in [7, 11) is 0. The lowest BCUT2D eigenvalue weighted by Gasteiger charge is -2.52. The van der Waals surface area contributed by atoms with Gasteiger partial charge in [0, 0.05) is 11.8 Å². The summed E-state index contributed by atoms with van der Waals surface area (Å²) in [5.41, 5.74) is 3.49. The number of hydrogen-bond donors (Lipinski definition) is 0. The third-order valence-electron chi connectivity index (χ3n) is 7.44. The smallest absolute Gasteiger partial charge is 0.174 e. The van der Waals surface area contributed by atoms with Gasteiger partial charge in [-0.2, -0.15) is 0 Å². The van der Waals surface area contributed by atoms with Crippen LogP contribution in [0.15, 0.2) is 24.3 Å². The van der Waals surface area contributed by atoms with Gasteiger partial charge in [-0.25, -0.2) is 0 Å². The van der Waals surface area contributed by atoms with Gasteiger partial charge in [0.25, 0.3) is 0 Å². The molecule has 0 N–H and O–H groups in total. The monoisotopic (exact) mass is 298 g/mol. The lowest BCUT2D eigenvalue weighted by atomic mass is 9.55. The molecule has 1 heterocycles. The Morgan fingerprint density at radius 2 is 1.82 bits per heavy atom. The quantitative estimate of drug-likeness (QED) is 0.711. The number of aryl methyl sites for hydroxylation is 1. The summed E-state index contributed by atoms with van der Waals surface area (Å²) in [5, 5.41) is 0. The van der Waals surface area contributed by atoms with Crippen LogP contribution in [0.4, 0.5) is 0 Å². The average Bonchev–Trinajstić information content (AvgIpc) is 3.14. The zero-order valence-electron chi connectivity index (χ0n) is 13.5. The molecule has 4 aliphatic rings. The Hall–Kier alpha value is -0.860. The Morgan fingerprint density at radius 1 is 1.00 bits per heavy atom. The van der Waals surface area contributed by atoms with Gasteiger partial charge in [0.1, 0.15) is 0 Å². The second-order valence-corrected chi connectivity index (χ2v) is 8.06. The van der Waals surface area contributed by atoms with Gasteiger partial charge in [0.15, 0.2) is 5.79 Å². The Morgan fingerprint density at radius 3 is 2.68 bits per heavy atom. The Kier molecular flexibility index (Phi) is 2.82. The van der Waals surface area contributed by atoms with Gasteiger partial charge in [-0.05, 0) is 61.0 Å². The molecule has 3 unspecified atom stereocenters. The van der Waals surface area contributed by atoms with Crippen molar-refractivity contribution in [3.63, 3.8) is 0 Å². The highest BCUT2D eigenvalue weighted by Gasteiger charge is 2.64. The second-order valence-electron chi connectivity index (χ2n) is 8.06. The highest BCUT2D eigenvalue weighted by molar-refractivity contribution is 5.35. The van der Waals surface area contributed by atoms with Crippen molar-refractivity contribution in [2.24, 2.45) is 17.3 Å². The Balaban J connectivity index is 1.52. The zero-order chi connectivity index (χ0) is 14.8. The maximum absolute atomic E-state index is 6.20. The second kappa shape index (κ2) is 4.58. The first-order chi connectivity index (χ1) is 10.7. The number of benzene rings is 1. The molecule has 1 spiro atoms. The fraction of sp³-hybridized carbons (Fsp3) is 0.700. The molecule has 5 rings (SSSR count). The normalized spacial score (nSPS) is 42.0. The molecular formula is C20H26O2. The molecule has 1 saturated heterocycles. The summed E-state index contributed by atoms with van der Waals surface area (Å²) in [6, 6.07) is 9.17. The van der Waals surface area contributed by atoms with Crippen LogP contribution in [0.2, 0.25) is 0 Å². The highest BCUT2D eigenvalue weighted by Crippen LogP contribution is 2.66. The summed E-state index contributed by atoms with van der Waals surface area (Å²) < 4.78 is 12.4. The first-order valence-corrected chi connectivity index (χ1v) is 9.09. The average molecular weight is 298 g/mol. The van der Waals surface area contributed by atoms with Gasteiger partial charge in [0.05, 0.1) is 13.2 Å². The largest absolute Gasteiger partial charge is 0.347 e. The SMILES string of the molecule is C[C@]12CCC3c4ccccc4CCC3C1CCC21OCCO1. The number of fused-ring (bicyclic) bond motifs is 6. The minimum Gasteiger partial charge on any atom is -0.347 e. The highest BCUT2D eigenvalue weighted by atomic mass is 16.7. The third-order valence-corrected chi connectivity index (χ3v) is 7.44. The Labute approximate surface area is 133 Å². The van der Waals surface area contributed by atoms with Gasteiger partial charge in [-0.3, -0.25) is 0 Å². The van der Waals surface area contributed by atoms with Gasteiger partial charge in [0.2, 0.25) is 0 Å². The van der Waals surface area contributed by atoms with Crippen LogP contribution in [-0.2, 0) is 15.9 Å². The molecular weight excluding hydrogens is 272 g/mol. The topological polar surface area (TPSA) is 18.5 Å². The van der Waals surface area contributed by atoms with Crippen LogP contribution in [0.3, 0.4) is 0 Å². The van der Waals surface area contributed by atoms with E-state index >= 15 is 0 Å². The van der Waals surface area contributed by atoms with E-state index in [0.717, 1.165) is 37.4 Å².